The molecule has 4 rings (SSSR count). The van der Waals surface area contributed by atoms with E-state index in [1.807, 2.05) is 0 Å². The SMILES string of the molecule is Cc1cc(C2CCCO2)oc(=O)c1C(=O)N1CCOc2ccc(Cl)cc2C1. The van der Waals surface area contributed by atoms with E-state index in [0.717, 1.165) is 18.4 Å². The summed E-state index contributed by atoms with van der Waals surface area (Å²) in [5, 5.41) is 0.572. The maximum atomic E-state index is 13.1. The van der Waals surface area contributed by atoms with Gasteiger partial charge in [0.1, 0.15) is 29.8 Å². The third kappa shape index (κ3) is 3.59. The molecule has 0 radical (unpaired) electrons. The number of carbonyl (C=O) groups excluding carboxylic acids is 1. The molecule has 0 spiro atoms. The van der Waals surface area contributed by atoms with Gasteiger partial charge in [-0.05, 0) is 49.6 Å². The summed E-state index contributed by atoms with van der Waals surface area (Å²) < 4.78 is 16.7. The lowest BCUT2D eigenvalue weighted by atomic mass is 10.1. The first-order valence-corrected chi connectivity index (χ1v) is 9.37. The molecule has 1 unspecified atom stereocenters. The molecule has 1 saturated heterocycles. The maximum Gasteiger partial charge on any atom is 0.349 e. The molecular formula is C20H20ClNO5. The molecule has 3 heterocycles. The Hall–Kier alpha value is -2.31. The summed E-state index contributed by atoms with van der Waals surface area (Å²) in [5.74, 6) is 0.826. The molecule has 1 aromatic carbocycles. The van der Waals surface area contributed by atoms with Crippen molar-refractivity contribution < 1.29 is 18.7 Å². The highest BCUT2D eigenvalue weighted by molar-refractivity contribution is 6.30. The number of fused-ring (bicyclic) bond motifs is 1. The summed E-state index contributed by atoms with van der Waals surface area (Å²) in [7, 11) is 0. The molecule has 2 aliphatic heterocycles. The Balaban J connectivity index is 1.63. The number of hydrogen-bond acceptors (Lipinski definition) is 5. The molecule has 0 saturated carbocycles. The van der Waals surface area contributed by atoms with Gasteiger partial charge >= 0.3 is 5.63 Å². The van der Waals surface area contributed by atoms with Gasteiger partial charge in [0.05, 0.1) is 6.54 Å². The van der Waals surface area contributed by atoms with Crippen LogP contribution in [0.4, 0.5) is 0 Å². The van der Waals surface area contributed by atoms with Crippen LogP contribution in [0.2, 0.25) is 5.02 Å². The molecule has 142 valence electrons. The maximum absolute atomic E-state index is 13.1. The quantitative estimate of drug-likeness (QED) is 0.786. The van der Waals surface area contributed by atoms with Gasteiger partial charge in [-0.3, -0.25) is 4.79 Å². The monoisotopic (exact) mass is 389 g/mol. The van der Waals surface area contributed by atoms with E-state index >= 15 is 0 Å². The molecule has 1 aromatic heterocycles. The van der Waals surface area contributed by atoms with E-state index in [2.05, 4.69) is 0 Å². The summed E-state index contributed by atoms with van der Waals surface area (Å²) in [5.41, 5.74) is 0.841. The fourth-order valence-corrected chi connectivity index (χ4v) is 3.74. The summed E-state index contributed by atoms with van der Waals surface area (Å²) in [6.07, 6.45) is 1.54. The minimum absolute atomic E-state index is 0.0576. The van der Waals surface area contributed by atoms with Crippen molar-refractivity contribution in [1.29, 1.82) is 0 Å². The summed E-state index contributed by atoms with van der Waals surface area (Å²) in [6, 6.07) is 7.06. The summed E-state index contributed by atoms with van der Waals surface area (Å²) >= 11 is 6.07. The lowest BCUT2D eigenvalue weighted by Gasteiger charge is -2.20. The minimum Gasteiger partial charge on any atom is -0.491 e. The van der Waals surface area contributed by atoms with E-state index in [0.29, 0.717) is 48.4 Å². The van der Waals surface area contributed by atoms with Gasteiger partial charge in [0.25, 0.3) is 5.91 Å². The zero-order valence-electron chi connectivity index (χ0n) is 15.0. The molecule has 2 aromatic rings. The van der Waals surface area contributed by atoms with E-state index in [1.165, 1.54) is 0 Å². The third-order valence-corrected chi connectivity index (χ3v) is 5.15. The van der Waals surface area contributed by atoms with E-state index in [4.69, 9.17) is 25.5 Å². The average molecular weight is 390 g/mol. The van der Waals surface area contributed by atoms with Crippen LogP contribution in [0, 0.1) is 6.92 Å². The molecule has 6 nitrogen and oxygen atoms in total. The Morgan fingerprint density at radius 1 is 1.26 bits per heavy atom. The van der Waals surface area contributed by atoms with Crippen LogP contribution in [0.5, 0.6) is 5.75 Å². The molecule has 0 bridgehead atoms. The molecule has 2 aliphatic rings. The highest BCUT2D eigenvalue weighted by Gasteiger charge is 2.28. The van der Waals surface area contributed by atoms with Gasteiger partial charge in [0.15, 0.2) is 0 Å². The van der Waals surface area contributed by atoms with Crippen molar-refractivity contribution in [1.82, 2.24) is 4.90 Å². The fourth-order valence-electron chi connectivity index (χ4n) is 3.55. The Labute approximate surface area is 161 Å². The van der Waals surface area contributed by atoms with Crippen LogP contribution in [0.25, 0.3) is 0 Å². The smallest absolute Gasteiger partial charge is 0.349 e. The average Bonchev–Trinajstić information content (AvgIpc) is 3.08. The number of carbonyl (C=O) groups is 1. The molecule has 27 heavy (non-hydrogen) atoms. The summed E-state index contributed by atoms with van der Waals surface area (Å²) in [4.78, 5) is 27.2. The highest BCUT2D eigenvalue weighted by Crippen LogP contribution is 2.30. The van der Waals surface area contributed by atoms with Gasteiger partial charge in [0.2, 0.25) is 0 Å². The second-order valence-electron chi connectivity index (χ2n) is 6.82. The zero-order chi connectivity index (χ0) is 19.0. The Morgan fingerprint density at radius 2 is 2.11 bits per heavy atom. The number of benzene rings is 1. The number of aryl methyl sites for hydroxylation is 1. The van der Waals surface area contributed by atoms with Crippen LogP contribution >= 0.6 is 11.6 Å². The second kappa shape index (κ2) is 7.37. The fraction of sp³-hybridized carbons (Fsp3) is 0.400. The van der Waals surface area contributed by atoms with Crippen LogP contribution in [-0.4, -0.2) is 30.6 Å². The third-order valence-electron chi connectivity index (χ3n) is 4.92. The number of amides is 1. The zero-order valence-corrected chi connectivity index (χ0v) is 15.8. The van der Waals surface area contributed by atoms with Crippen LogP contribution in [0.15, 0.2) is 33.5 Å². The van der Waals surface area contributed by atoms with Crippen molar-refractivity contribution in [2.24, 2.45) is 0 Å². The van der Waals surface area contributed by atoms with Gasteiger partial charge in [-0.1, -0.05) is 11.6 Å². The van der Waals surface area contributed by atoms with Gasteiger partial charge < -0.3 is 18.8 Å². The molecular weight excluding hydrogens is 370 g/mol. The summed E-state index contributed by atoms with van der Waals surface area (Å²) in [6.45, 7) is 3.45. The van der Waals surface area contributed by atoms with Gasteiger partial charge in [-0.2, -0.15) is 0 Å². The normalized spacial score (nSPS) is 19.3. The predicted molar refractivity (Wildman–Crippen MR) is 99.3 cm³/mol. The number of ether oxygens (including phenoxy) is 2. The molecule has 1 atom stereocenters. The van der Waals surface area contributed by atoms with Crippen LogP contribution in [0.3, 0.4) is 0 Å². The van der Waals surface area contributed by atoms with Crippen molar-refractivity contribution in [2.45, 2.75) is 32.4 Å². The number of halogens is 1. The predicted octanol–water partition coefficient (Wildman–Crippen LogP) is 3.49. The standard InChI is InChI=1S/C20H20ClNO5/c1-12-9-17(16-3-2-7-25-16)27-20(24)18(12)19(23)22-6-8-26-15-5-4-14(21)10-13(15)11-22/h4-5,9-10,16H,2-3,6-8,11H2,1H3. The number of nitrogens with zero attached hydrogens (tertiary/aromatic N) is 1. The van der Waals surface area contributed by atoms with Gasteiger partial charge in [0, 0.05) is 23.7 Å². The second-order valence-corrected chi connectivity index (χ2v) is 7.26. The number of hydrogen-bond donors (Lipinski definition) is 0. The lowest BCUT2D eigenvalue weighted by molar-refractivity contribution is 0.0719. The molecule has 1 amide bonds. The Bertz CT molecular complexity index is 932. The van der Waals surface area contributed by atoms with E-state index in [1.54, 1.807) is 36.1 Å². The van der Waals surface area contributed by atoms with Crippen LogP contribution in [0.1, 0.15) is 46.2 Å². The van der Waals surface area contributed by atoms with Gasteiger partial charge in [-0.25, -0.2) is 4.79 Å². The molecule has 0 aliphatic carbocycles. The van der Waals surface area contributed by atoms with E-state index < -0.39 is 5.63 Å². The van der Waals surface area contributed by atoms with E-state index in [9.17, 15) is 9.59 Å². The van der Waals surface area contributed by atoms with Gasteiger partial charge in [-0.15, -0.1) is 0 Å². The minimum atomic E-state index is -0.623. The lowest BCUT2D eigenvalue weighted by Crippen LogP contribution is -2.36. The highest BCUT2D eigenvalue weighted by atomic mass is 35.5. The van der Waals surface area contributed by atoms with Crippen molar-refractivity contribution in [3.63, 3.8) is 0 Å². The van der Waals surface area contributed by atoms with Crippen molar-refractivity contribution in [3.05, 3.63) is 62.2 Å². The first kappa shape index (κ1) is 18.1. The Morgan fingerprint density at radius 3 is 2.85 bits per heavy atom. The van der Waals surface area contributed by atoms with Crippen LogP contribution < -0.4 is 10.4 Å². The largest absolute Gasteiger partial charge is 0.491 e. The molecule has 1 fully saturated rings. The van der Waals surface area contributed by atoms with Crippen LogP contribution in [-0.2, 0) is 11.3 Å². The molecule has 0 N–H and O–H groups in total. The van der Waals surface area contributed by atoms with Crippen molar-refractivity contribution in [3.8, 4) is 5.75 Å². The van der Waals surface area contributed by atoms with Crippen molar-refractivity contribution >= 4 is 17.5 Å². The first-order chi connectivity index (χ1) is 13.0. The molecule has 7 heteroatoms. The topological polar surface area (TPSA) is 69.0 Å². The first-order valence-electron chi connectivity index (χ1n) is 8.99. The van der Waals surface area contributed by atoms with E-state index in [-0.39, 0.29) is 17.6 Å². The van der Waals surface area contributed by atoms with Crippen molar-refractivity contribution in [2.75, 3.05) is 19.8 Å². The number of rotatable bonds is 2. The Kier molecular flexibility index (Phi) is 4.93.